The average Bonchev–Trinajstić information content (AvgIpc) is 3.19. The summed E-state index contributed by atoms with van der Waals surface area (Å²) in [5, 5.41) is 13.8. The molecule has 0 aliphatic carbocycles. The van der Waals surface area contributed by atoms with Crippen molar-refractivity contribution >= 4 is 45.7 Å². The number of ether oxygens (including phenoxy) is 2. The number of benzene rings is 2. The summed E-state index contributed by atoms with van der Waals surface area (Å²) in [5.41, 5.74) is 1.05. The monoisotopic (exact) mass is 430 g/mol. The highest BCUT2D eigenvalue weighted by Gasteiger charge is 2.18. The van der Waals surface area contributed by atoms with Gasteiger partial charge in [0.15, 0.2) is 15.8 Å². The lowest BCUT2D eigenvalue weighted by Crippen LogP contribution is -2.13. The van der Waals surface area contributed by atoms with Gasteiger partial charge in [-0.1, -0.05) is 47.4 Å². The number of amides is 2. The van der Waals surface area contributed by atoms with Gasteiger partial charge in [0.05, 0.1) is 25.5 Å². The van der Waals surface area contributed by atoms with Crippen molar-refractivity contribution in [2.24, 2.45) is 0 Å². The van der Waals surface area contributed by atoms with E-state index in [-0.39, 0.29) is 11.7 Å². The summed E-state index contributed by atoms with van der Waals surface area (Å²) < 4.78 is 11.1. The van der Waals surface area contributed by atoms with Gasteiger partial charge in [0.25, 0.3) is 5.91 Å². The molecule has 0 unspecified atom stereocenters. The minimum Gasteiger partial charge on any atom is -0.493 e. The van der Waals surface area contributed by atoms with E-state index in [4.69, 9.17) is 9.47 Å². The maximum atomic E-state index is 12.6. The van der Waals surface area contributed by atoms with Crippen molar-refractivity contribution in [3.63, 3.8) is 0 Å². The lowest BCUT2D eigenvalue weighted by Gasteiger charge is -2.11. The topological polar surface area (TPSA) is 102 Å². The number of hydrogen-bond donors (Lipinski definition) is 2. The summed E-state index contributed by atoms with van der Waals surface area (Å²) in [7, 11) is 2.97. The molecule has 0 spiro atoms. The first-order valence-electron chi connectivity index (χ1n) is 8.44. The highest BCUT2D eigenvalue weighted by atomic mass is 32.2. The first kappa shape index (κ1) is 20.6. The summed E-state index contributed by atoms with van der Waals surface area (Å²) in [6.45, 7) is 0. The van der Waals surface area contributed by atoms with Crippen LogP contribution in [0.2, 0.25) is 0 Å². The van der Waals surface area contributed by atoms with E-state index in [1.54, 1.807) is 18.2 Å². The van der Waals surface area contributed by atoms with Gasteiger partial charge < -0.3 is 14.8 Å². The SMILES string of the molecule is COc1cccc(C(=O)Nc2nnc(SCC(=O)Nc3ccccc3)s2)c1OC. The average molecular weight is 431 g/mol. The smallest absolute Gasteiger partial charge is 0.261 e. The van der Waals surface area contributed by atoms with E-state index in [2.05, 4.69) is 20.8 Å². The standard InChI is InChI=1S/C19H18N4O4S2/c1-26-14-10-6-9-13(16(14)27-2)17(25)21-18-22-23-19(29-18)28-11-15(24)20-12-7-4-3-5-8-12/h3-10H,11H2,1-2H3,(H,20,24)(H,21,22,25). The van der Waals surface area contributed by atoms with Crippen LogP contribution in [-0.2, 0) is 4.79 Å². The Bertz CT molecular complexity index is 995. The van der Waals surface area contributed by atoms with Gasteiger partial charge in [-0.25, -0.2) is 0 Å². The van der Waals surface area contributed by atoms with Crippen LogP contribution in [0.4, 0.5) is 10.8 Å². The minimum atomic E-state index is -0.393. The number of rotatable bonds is 8. The summed E-state index contributed by atoms with van der Waals surface area (Å²) in [4.78, 5) is 24.6. The second-order valence-corrected chi connectivity index (χ2v) is 7.77. The Labute approximate surface area is 175 Å². The Morgan fingerprint density at radius 1 is 1.00 bits per heavy atom. The molecule has 2 N–H and O–H groups in total. The minimum absolute atomic E-state index is 0.150. The van der Waals surface area contributed by atoms with Gasteiger partial charge in [-0.2, -0.15) is 0 Å². The van der Waals surface area contributed by atoms with E-state index in [0.717, 1.165) is 5.69 Å². The molecule has 3 aromatic rings. The fourth-order valence-electron chi connectivity index (χ4n) is 2.39. The zero-order valence-electron chi connectivity index (χ0n) is 15.7. The fourth-order valence-corrected chi connectivity index (χ4v) is 3.94. The molecule has 10 heteroatoms. The number of carbonyl (C=O) groups is 2. The fraction of sp³-hybridized carbons (Fsp3) is 0.158. The Morgan fingerprint density at radius 2 is 1.79 bits per heavy atom. The number of para-hydroxylation sites is 2. The molecule has 0 aliphatic heterocycles. The zero-order valence-corrected chi connectivity index (χ0v) is 17.3. The van der Waals surface area contributed by atoms with Crippen LogP contribution in [-0.4, -0.2) is 42.0 Å². The lowest BCUT2D eigenvalue weighted by atomic mass is 10.1. The molecular weight excluding hydrogens is 412 g/mol. The van der Waals surface area contributed by atoms with Gasteiger partial charge in [-0.15, -0.1) is 10.2 Å². The van der Waals surface area contributed by atoms with Gasteiger partial charge in [0.1, 0.15) is 0 Å². The number of methoxy groups -OCH3 is 2. The molecule has 0 saturated carbocycles. The number of thioether (sulfide) groups is 1. The van der Waals surface area contributed by atoms with Gasteiger partial charge >= 0.3 is 0 Å². The maximum Gasteiger partial charge on any atom is 0.261 e. The van der Waals surface area contributed by atoms with Crippen molar-refractivity contribution in [3.8, 4) is 11.5 Å². The zero-order chi connectivity index (χ0) is 20.6. The molecule has 1 aromatic heterocycles. The molecule has 0 aliphatic rings. The van der Waals surface area contributed by atoms with Crippen LogP contribution in [0.25, 0.3) is 0 Å². The van der Waals surface area contributed by atoms with Gasteiger partial charge in [0, 0.05) is 5.69 Å². The predicted octanol–water partition coefficient (Wildman–Crippen LogP) is 3.54. The van der Waals surface area contributed by atoms with E-state index in [1.165, 1.54) is 37.3 Å². The van der Waals surface area contributed by atoms with Gasteiger partial charge in [-0.3, -0.25) is 14.9 Å². The summed E-state index contributed by atoms with van der Waals surface area (Å²) in [6.07, 6.45) is 0. The van der Waals surface area contributed by atoms with Crippen LogP contribution in [0.1, 0.15) is 10.4 Å². The first-order valence-corrected chi connectivity index (χ1v) is 10.2. The lowest BCUT2D eigenvalue weighted by molar-refractivity contribution is -0.113. The van der Waals surface area contributed by atoms with Crippen LogP contribution in [0.5, 0.6) is 11.5 Å². The van der Waals surface area contributed by atoms with Crippen molar-refractivity contribution in [3.05, 3.63) is 54.1 Å². The van der Waals surface area contributed by atoms with Crippen LogP contribution in [0.3, 0.4) is 0 Å². The number of nitrogens with zero attached hydrogens (tertiary/aromatic N) is 2. The second kappa shape index (κ2) is 9.89. The Morgan fingerprint density at radius 3 is 2.52 bits per heavy atom. The Hall–Kier alpha value is -3.11. The first-order chi connectivity index (χ1) is 14.1. The third-order valence-corrected chi connectivity index (χ3v) is 5.63. The van der Waals surface area contributed by atoms with Crippen molar-refractivity contribution in [1.29, 1.82) is 0 Å². The molecule has 3 rings (SSSR count). The largest absolute Gasteiger partial charge is 0.493 e. The number of anilines is 2. The van der Waals surface area contributed by atoms with Gasteiger partial charge in [0.2, 0.25) is 11.0 Å². The van der Waals surface area contributed by atoms with E-state index >= 15 is 0 Å². The maximum absolute atomic E-state index is 12.6. The van der Waals surface area contributed by atoms with E-state index in [9.17, 15) is 9.59 Å². The number of hydrogen-bond acceptors (Lipinski definition) is 8. The molecule has 0 bridgehead atoms. The van der Waals surface area contributed by atoms with E-state index in [0.29, 0.717) is 26.5 Å². The molecule has 0 saturated heterocycles. The second-order valence-electron chi connectivity index (χ2n) is 5.57. The van der Waals surface area contributed by atoms with E-state index in [1.807, 2.05) is 30.3 Å². The third-order valence-electron chi connectivity index (χ3n) is 3.66. The molecule has 1 heterocycles. The van der Waals surface area contributed by atoms with Crippen molar-refractivity contribution in [2.75, 3.05) is 30.6 Å². The summed E-state index contributed by atoms with van der Waals surface area (Å²) in [6, 6.07) is 14.2. The van der Waals surface area contributed by atoms with Crippen molar-refractivity contribution in [2.45, 2.75) is 4.34 Å². The Balaban J connectivity index is 1.58. The van der Waals surface area contributed by atoms with Crippen LogP contribution < -0.4 is 20.1 Å². The highest BCUT2D eigenvalue weighted by Crippen LogP contribution is 2.32. The molecule has 8 nitrogen and oxygen atoms in total. The number of carbonyl (C=O) groups excluding carboxylic acids is 2. The highest BCUT2D eigenvalue weighted by molar-refractivity contribution is 8.01. The molecule has 0 fully saturated rings. The molecule has 2 aromatic carbocycles. The molecule has 29 heavy (non-hydrogen) atoms. The van der Waals surface area contributed by atoms with E-state index < -0.39 is 5.91 Å². The van der Waals surface area contributed by atoms with Crippen molar-refractivity contribution < 1.29 is 19.1 Å². The van der Waals surface area contributed by atoms with Crippen molar-refractivity contribution in [1.82, 2.24) is 10.2 Å². The predicted molar refractivity (Wildman–Crippen MR) is 113 cm³/mol. The number of nitrogens with one attached hydrogen (secondary N) is 2. The molecular formula is C19H18N4O4S2. The van der Waals surface area contributed by atoms with Crippen LogP contribution >= 0.6 is 23.1 Å². The number of aromatic nitrogens is 2. The summed E-state index contributed by atoms with van der Waals surface area (Å²) in [5.74, 6) is 0.432. The summed E-state index contributed by atoms with van der Waals surface area (Å²) >= 11 is 2.43. The Kier molecular flexibility index (Phi) is 7.04. The molecule has 150 valence electrons. The van der Waals surface area contributed by atoms with Gasteiger partial charge in [-0.05, 0) is 24.3 Å². The normalized spacial score (nSPS) is 10.3. The quantitative estimate of drug-likeness (QED) is 0.416. The van der Waals surface area contributed by atoms with Crippen LogP contribution in [0, 0.1) is 0 Å². The third kappa shape index (κ3) is 5.46. The molecule has 0 atom stereocenters. The molecule has 0 radical (unpaired) electrons. The van der Waals surface area contributed by atoms with Crippen LogP contribution in [0.15, 0.2) is 52.9 Å². The molecule has 2 amide bonds.